The maximum Gasteiger partial charge on any atom is 0.216 e. The third-order valence-corrected chi connectivity index (χ3v) is 2.25. The van der Waals surface area contributed by atoms with Gasteiger partial charge in [-0.2, -0.15) is 0 Å². The van der Waals surface area contributed by atoms with Gasteiger partial charge in [0.05, 0.1) is 0 Å². The van der Waals surface area contributed by atoms with Crippen LogP contribution in [0.2, 0.25) is 0 Å². The fraction of sp³-hybridized carbons (Fsp3) is 0.455. The Morgan fingerprint density at radius 1 is 1.47 bits per heavy atom. The lowest BCUT2D eigenvalue weighted by molar-refractivity contribution is -0.119. The van der Waals surface area contributed by atoms with Crippen molar-refractivity contribution in [3.63, 3.8) is 0 Å². The number of aromatic nitrogens is 1. The van der Waals surface area contributed by atoms with Gasteiger partial charge in [0.15, 0.2) is 0 Å². The summed E-state index contributed by atoms with van der Waals surface area (Å²) in [6.45, 7) is 2.91. The van der Waals surface area contributed by atoms with Crippen LogP contribution in [0.5, 0.6) is 5.75 Å². The third kappa shape index (κ3) is 3.69. The Balaban J connectivity index is 2.77. The molecule has 0 aromatic carbocycles. The summed E-state index contributed by atoms with van der Waals surface area (Å²) >= 11 is 0. The van der Waals surface area contributed by atoms with Gasteiger partial charge in [-0.3, -0.25) is 9.78 Å². The molecule has 1 rings (SSSR count). The van der Waals surface area contributed by atoms with Crippen molar-refractivity contribution < 1.29 is 20.1 Å². The van der Waals surface area contributed by atoms with Crippen LogP contribution in [0.4, 0.5) is 0 Å². The fourth-order valence-corrected chi connectivity index (χ4v) is 1.33. The second-order valence-electron chi connectivity index (χ2n) is 3.81. The molecule has 2 atom stereocenters. The molecule has 0 saturated heterocycles. The van der Waals surface area contributed by atoms with Gasteiger partial charge in [-0.15, -0.1) is 0 Å². The first kappa shape index (κ1) is 13.4. The molecule has 94 valence electrons. The first-order valence-corrected chi connectivity index (χ1v) is 5.19. The molecule has 0 aliphatic heterocycles. The van der Waals surface area contributed by atoms with E-state index in [1.165, 1.54) is 13.0 Å². The highest BCUT2D eigenvalue weighted by atomic mass is 16.3. The van der Waals surface area contributed by atoms with Gasteiger partial charge in [0.25, 0.3) is 0 Å². The topological polar surface area (TPSA) is 103 Å². The van der Waals surface area contributed by atoms with Crippen LogP contribution < -0.4 is 5.32 Å². The number of hydrogen-bond donors (Lipinski definition) is 4. The van der Waals surface area contributed by atoms with Crippen LogP contribution in [-0.4, -0.2) is 38.9 Å². The van der Waals surface area contributed by atoms with Crippen molar-refractivity contribution in [3.8, 4) is 5.75 Å². The Labute approximate surface area is 98.9 Å². The molecule has 4 N–H and O–H groups in total. The maximum absolute atomic E-state index is 10.7. The first-order valence-electron chi connectivity index (χ1n) is 5.19. The molecule has 0 aliphatic rings. The predicted molar refractivity (Wildman–Crippen MR) is 60.3 cm³/mol. The van der Waals surface area contributed by atoms with Crippen LogP contribution in [0, 0.1) is 6.92 Å². The van der Waals surface area contributed by atoms with E-state index in [0.717, 1.165) is 0 Å². The van der Waals surface area contributed by atoms with Gasteiger partial charge in [0.1, 0.15) is 23.7 Å². The Kier molecular flexibility index (Phi) is 4.42. The average Bonchev–Trinajstić information content (AvgIpc) is 2.28. The minimum Gasteiger partial charge on any atom is -0.506 e. The normalized spacial score (nSPS) is 14.1. The number of amides is 1. The molecule has 1 amide bonds. The van der Waals surface area contributed by atoms with Gasteiger partial charge in [-0.05, 0) is 19.1 Å². The highest BCUT2D eigenvalue weighted by Crippen LogP contribution is 2.24. The van der Waals surface area contributed by atoms with E-state index in [9.17, 15) is 20.1 Å². The van der Waals surface area contributed by atoms with E-state index >= 15 is 0 Å². The Bertz CT molecular complexity index is 408. The van der Waals surface area contributed by atoms with Gasteiger partial charge in [-0.1, -0.05) is 0 Å². The van der Waals surface area contributed by atoms with Crippen LogP contribution in [0.1, 0.15) is 24.4 Å². The third-order valence-electron chi connectivity index (χ3n) is 2.25. The minimum absolute atomic E-state index is 0.00264. The number of carbonyl (C=O) groups excluding carboxylic acids is 1. The number of aryl methyl sites for hydroxylation is 1. The van der Waals surface area contributed by atoms with E-state index < -0.39 is 12.2 Å². The summed E-state index contributed by atoms with van der Waals surface area (Å²) in [5.41, 5.74) is 0.617. The second-order valence-corrected chi connectivity index (χ2v) is 3.81. The molecule has 0 saturated carbocycles. The zero-order valence-corrected chi connectivity index (χ0v) is 9.71. The standard InChI is InChI=1S/C11H16N2O4/c1-6-3-4-8(15)10(13-6)11(17)9(16)5-12-7(2)14/h3-4,9,11,15-17H,5H2,1-2H3,(H,12,14). The molecule has 0 fully saturated rings. The molecule has 0 spiro atoms. The van der Waals surface area contributed by atoms with Crippen molar-refractivity contribution in [2.75, 3.05) is 6.54 Å². The summed E-state index contributed by atoms with van der Waals surface area (Å²) in [6, 6.07) is 2.98. The summed E-state index contributed by atoms with van der Waals surface area (Å²) in [5.74, 6) is -0.498. The van der Waals surface area contributed by atoms with Crippen LogP contribution in [0.15, 0.2) is 12.1 Å². The largest absolute Gasteiger partial charge is 0.506 e. The van der Waals surface area contributed by atoms with Crippen LogP contribution in [0.3, 0.4) is 0 Å². The lowest BCUT2D eigenvalue weighted by Crippen LogP contribution is -2.34. The Morgan fingerprint density at radius 3 is 2.71 bits per heavy atom. The lowest BCUT2D eigenvalue weighted by atomic mass is 10.1. The number of carbonyl (C=O) groups is 1. The number of pyridine rings is 1. The molecule has 0 radical (unpaired) electrons. The van der Waals surface area contributed by atoms with Gasteiger partial charge >= 0.3 is 0 Å². The van der Waals surface area contributed by atoms with Crippen molar-refractivity contribution in [1.29, 1.82) is 0 Å². The van der Waals surface area contributed by atoms with E-state index in [2.05, 4.69) is 10.3 Å². The smallest absolute Gasteiger partial charge is 0.216 e. The highest BCUT2D eigenvalue weighted by Gasteiger charge is 2.22. The summed E-state index contributed by atoms with van der Waals surface area (Å²) in [6.07, 6.45) is -2.57. The molecule has 6 nitrogen and oxygen atoms in total. The molecular weight excluding hydrogens is 224 g/mol. The summed E-state index contributed by atoms with van der Waals surface area (Å²) < 4.78 is 0. The van der Waals surface area contributed by atoms with E-state index in [0.29, 0.717) is 5.69 Å². The zero-order chi connectivity index (χ0) is 13.0. The van der Waals surface area contributed by atoms with Gasteiger partial charge in [0.2, 0.25) is 5.91 Å². The fourth-order valence-electron chi connectivity index (χ4n) is 1.33. The summed E-state index contributed by atoms with van der Waals surface area (Å²) in [4.78, 5) is 14.6. The number of rotatable bonds is 4. The monoisotopic (exact) mass is 240 g/mol. The number of nitrogens with zero attached hydrogens (tertiary/aromatic N) is 1. The number of aliphatic hydroxyl groups excluding tert-OH is 2. The SMILES string of the molecule is CC(=O)NCC(O)C(O)c1nc(C)ccc1O. The quantitative estimate of drug-likeness (QED) is 0.575. The molecule has 17 heavy (non-hydrogen) atoms. The van der Waals surface area contributed by atoms with Crippen LogP contribution >= 0.6 is 0 Å². The Hall–Kier alpha value is -1.66. The van der Waals surface area contributed by atoms with Crippen molar-refractivity contribution in [2.24, 2.45) is 0 Å². The summed E-state index contributed by atoms with van der Waals surface area (Å²) in [7, 11) is 0. The van der Waals surface area contributed by atoms with Gasteiger partial charge < -0.3 is 20.6 Å². The average molecular weight is 240 g/mol. The van der Waals surface area contributed by atoms with Crippen LogP contribution in [-0.2, 0) is 4.79 Å². The van der Waals surface area contributed by atoms with E-state index in [4.69, 9.17) is 0 Å². The van der Waals surface area contributed by atoms with E-state index in [-0.39, 0.29) is 23.9 Å². The second kappa shape index (κ2) is 5.60. The molecule has 0 aliphatic carbocycles. The molecule has 2 unspecified atom stereocenters. The predicted octanol–water partition coefficient (Wildman–Crippen LogP) is -0.374. The van der Waals surface area contributed by atoms with Crippen molar-refractivity contribution in [3.05, 3.63) is 23.5 Å². The maximum atomic E-state index is 10.7. The summed E-state index contributed by atoms with van der Waals surface area (Å²) in [5, 5.41) is 31.3. The molecule has 0 bridgehead atoms. The van der Waals surface area contributed by atoms with E-state index in [1.54, 1.807) is 13.0 Å². The Morgan fingerprint density at radius 2 is 2.12 bits per heavy atom. The number of aromatic hydroxyl groups is 1. The molecule has 1 aromatic heterocycles. The van der Waals surface area contributed by atoms with Crippen molar-refractivity contribution >= 4 is 5.91 Å². The van der Waals surface area contributed by atoms with E-state index in [1.807, 2.05) is 0 Å². The molecule has 1 heterocycles. The molecule has 6 heteroatoms. The van der Waals surface area contributed by atoms with Crippen molar-refractivity contribution in [2.45, 2.75) is 26.1 Å². The van der Waals surface area contributed by atoms with Crippen molar-refractivity contribution in [1.82, 2.24) is 10.3 Å². The zero-order valence-electron chi connectivity index (χ0n) is 9.71. The highest BCUT2D eigenvalue weighted by molar-refractivity contribution is 5.72. The van der Waals surface area contributed by atoms with Crippen LogP contribution in [0.25, 0.3) is 0 Å². The number of aliphatic hydroxyl groups is 2. The van der Waals surface area contributed by atoms with Gasteiger partial charge in [0, 0.05) is 19.2 Å². The number of nitrogens with one attached hydrogen (secondary N) is 1. The first-order chi connectivity index (χ1) is 7.91. The van der Waals surface area contributed by atoms with Gasteiger partial charge in [-0.25, -0.2) is 0 Å². The molecule has 1 aromatic rings. The molecular formula is C11H16N2O4. The lowest BCUT2D eigenvalue weighted by Gasteiger charge is -2.18. The number of hydrogen-bond acceptors (Lipinski definition) is 5. The minimum atomic E-state index is -1.35.